The minimum Gasteiger partial charge on any atom is -0.508 e. The van der Waals surface area contributed by atoms with Crippen LogP contribution in [0.25, 0.3) is 10.9 Å². The van der Waals surface area contributed by atoms with Gasteiger partial charge >= 0.3 is 17.9 Å². The lowest BCUT2D eigenvalue weighted by molar-refractivity contribution is -0.145. The molecule has 82 heavy (non-hydrogen) atoms. The number of benzene rings is 3. The maximum absolute atomic E-state index is 14.4. The summed E-state index contributed by atoms with van der Waals surface area (Å²) in [6.45, 7) is 5.48. The molecule has 0 aliphatic carbocycles. The van der Waals surface area contributed by atoms with Crippen molar-refractivity contribution in [3.8, 4) is 5.75 Å². The summed E-state index contributed by atoms with van der Waals surface area (Å²) in [5.74, 6) is -15.5. The van der Waals surface area contributed by atoms with E-state index in [1.165, 1.54) is 37.4 Å². The lowest BCUT2D eigenvalue weighted by Crippen LogP contribution is -2.62. The number of aromatic nitrogens is 1. The molecule has 4 aromatic rings. The highest BCUT2D eigenvalue weighted by atomic mass is 16.4. The second-order valence-electron chi connectivity index (χ2n) is 19.6. The van der Waals surface area contributed by atoms with E-state index in [0.29, 0.717) is 34.0 Å². The number of aromatic amines is 1. The monoisotopic (exact) mass is 1140 g/mol. The number of hydrogen-bond acceptors (Lipinski definition) is 15. The van der Waals surface area contributed by atoms with E-state index in [4.69, 9.17) is 11.5 Å². The molecule has 28 heteroatoms. The minimum atomic E-state index is -2.00. The van der Waals surface area contributed by atoms with Crippen LogP contribution in [0.15, 0.2) is 85.1 Å². The first kappa shape index (κ1) is 65.1. The second kappa shape index (κ2) is 30.8. The van der Waals surface area contributed by atoms with Crippen molar-refractivity contribution in [2.75, 3.05) is 0 Å². The molecule has 0 spiro atoms. The van der Waals surface area contributed by atoms with E-state index >= 15 is 0 Å². The molecule has 0 bridgehead atoms. The van der Waals surface area contributed by atoms with Gasteiger partial charge in [-0.15, -0.1) is 0 Å². The van der Waals surface area contributed by atoms with Crippen LogP contribution in [0.1, 0.15) is 70.1 Å². The van der Waals surface area contributed by atoms with Crippen molar-refractivity contribution >= 4 is 82.0 Å². The third-order valence-corrected chi connectivity index (χ3v) is 13.0. The molecule has 0 unspecified atom stereocenters. The molecular weight excluding hydrogens is 1070 g/mol. The van der Waals surface area contributed by atoms with Gasteiger partial charge in [-0.3, -0.25) is 52.7 Å². The molecule has 0 saturated carbocycles. The van der Waals surface area contributed by atoms with Gasteiger partial charge in [0, 0.05) is 29.9 Å². The number of aromatic hydroxyl groups is 1. The molecule has 0 aliphatic rings. The molecular formula is C54H69N11O17. The number of carbonyl (C=O) groups is 12. The van der Waals surface area contributed by atoms with E-state index in [-0.39, 0.29) is 25.0 Å². The Morgan fingerprint density at radius 1 is 0.512 bits per heavy atom. The summed E-state index contributed by atoms with van der Waals surface area (Å²) >= 11 is 0. The van der Waals surface area contributed by atoms with Crippen molar-refractivity contribution < 1.29 is 83.1 Å². The summed E-state index contributed by atoms with van der Waals surface area (Å²) in [5, 5.41) is 68.5. The zero-order chi connectivity index (χ0) is 61.0. The van der Waals surface area contributed by atoms with Gasteiger partial charge in [-0.25, -0.2) is 4.79 Å². The number of phenols is 1. The van der Waals surface area contributed by atoms with Crippen LogP contribution in [0, 0.1) is 5.92 Å². The van der Waals surface area contributed by atoms with Gasteiger partial charge in [-0.1, -0.05) is 80.9 Å². The number of rotatable bonds is 32. The fraction of sp³-hybridized carbons (Fsp3) is 0.407. The van der Waals surface area contributed by atoms with Crippen molar-refractivity contribution in [3.05, 3.63) is 102 Å². The molecule has 18 N–H and O–H groups in total. The van der Waals surface area contributed by atoms with Gasteiger partial charge in [0.1, 0.15) is 54.1 Å². The molecule has 1 aromatic heterocycles. The van der Waals surface area contributed by atoms with Crippen molar-refractivity contribution in [1.29, 1.82) is 0 Å². The fourth-order valence-electron chi connectivity index (χ4n) is 8.30. The zero-order valence-electron chi connectivity index (χ0n) is 45.2. The van der Waals surface area contributed by atoms with E-state index < -0.39 is 157 Å². The normalized spacial score (nSPS) is 15.1. The topological polar surface area (TPSA) is 470 Å². The number of nitrogens with one attached hydrogen (secondary N) is 9. The predicted molar refractivity (Wildman–Crippen MR) is 290 cm³/mol. The van der Waals surface area contributed by atoms with Crippen molar-refractivity contribution in [2.45, 2.75) is 133 Å². The van der Waals surface area contributed by atoms with Crippen molar-refractivity contribution in [1.82, 2.24) is 47.5 Å². The van der Waals surface area contributed by atoms with E-state index in [1.807, 2.05) is 0 Å². The molecule has 442 valence electrons. The number of phenolic OH excluding ortho intramolecular Hbond substituents is 1. The number of hydrogen-bond donors (Lipinski definition) is 16. The summed E-state index contributed by atoms with van der Waals surface area (Å²) in [4.78, 5) is 162. The van der Waals surface area contributed by atoms with Crippen LogP contribution in [0.4, 0.5) is 0 Å². The van der Waals surface area contributed by atoms with Crippen LogP contribution in [0.2, 0.25) is 0 Å². The van der Waals surface area contributed by atoms with Crippen LogP contribution in [-0.2, 0) is 76.8 Å². The van der Waals surface area contributed by atoms with E-state index in [9.17, 15) is 83.1 Å². The first-order chi connectivity index (χ1) is 38.7. The fourth-order valence-corrected chi connectivity index (χ4v) is 8.30. The molecule has 0 fully saturated rings. The quantitative estimate of drug-likeness (QED) is 0.0240. The number of aliphatic carboxylic acids is 3. The molecule has 0 aliphatic heterocycles. The summed E-state index contributed by atoms with van der Waals surface area (Å²) in [7, 11) is 0. The number of aliphatic hydroxyl groups excluding tert-OH is 1. The first-order valence-electron chi connectivity index (χ1n) is 25.9. The highest BCUT2D eigenvalue weighted by Gasteiger charge is 2.37. The number of carbonyl (C=O) groups excluding carboxylic acids is 9. The molecule has 4 rings (SSSR count). The van der Waals surface area contributed by atoms with Gasteiger partial charge in [-0.2, -0.15) is 0 Å². The molecule has 0 radical (unpaired) electrons. The standard InChI is InChI=1S/C54H69N11O17/c1-5-26(2)44(54(81)82)64-52(79)40(24-43(71)72)62-49(76)36(20-29-11-7-6-8-12-29)59-46(73)27(3)58-48(75)39(23-42(69)70)61-50(77)37(21-31-25-57-35-14-10-9-13-33(31)35)60-51(78)38(22-41(56)68)63-53(80)45(28(4)66)65-47(74)34(55)19-30-15-17-32(67)18-16-30/h6-18,25-28,34,36-40,44-45,57,66-67H,5,19-24,55H2,1-4H3,(H2,56,68)(H,58,75)(H,59,73)(H,60,78)(H,61,77)(H,62,76)(H,63,80)(H,64,79)(H,65,74)(H,69,70)(H,71,72)(H,81,82)/t26-,27-,28+,34-,36-,37-,38-,39-,40-,44-,45-/m0/s1. The van der Waals surface area contributed by atoms with E-state index in [0.717, 1.165) is 13.8 Å². The third kappa shape index (κ3) is 20.0. The lowest BCUT2D eigenvalue weighted by Gasteiger charge is -2.27. The summed E-state index contributed by atoms with van der Waals surface area (Å²) in [6.07, 6.45) is -3.55. The number of carboxylic acids is 3. The van der Waals surface area contributed by atoms with Gasteiger partial charge in [-0.05, 0) is 61.1 Å². The van der Waals surface area contributed by atoms with Crippen LogP contribution >= 0.6 is 0 Å². The number of aliphatic hydroxyl groups is 1. The van der Waals surface area contributed by atoms with Crippen molar-refractivity contribution in [3.63, 3.8) is 0 Å². The van der Waals surface area contributed by atoms with Crippen molar-refractivity contribution in [2.24, 2.45) is 17.4 Å². The maximum atomic E-state index is 14.4. The molecule has 11 atom stereocenters. The Bertz CT molecular complexity index is 2950. The Balaban J connectivity index is 1.58. The Morgan fingerprint density at radius 2 is 0.976 bits per heavy atom. The number of fused-ring (bicyclic) bond motifs is 1. The average molecular weight is 1140 g/mol. The van der Waals surface area contributed by atoms with E-state index in [2.05, 4.69) is 47.5 Å². The number of para-hydroxylation sites is 1. The number of amides is 9. The number of carboxylic acid groups (broad SMARTS) is 3. The molecule has 9 amide bonds. The van der Waals surface area contributed by atoms with Crippen LogP contribution in [0.5, 0.6) is 5.75 Å². The van der Waals surface area contributed by atoms with Gasteiger partial charge in [0.25, 0.3) is 0 Å². The third-order valence-electron chi connectivity index (χ3n) is 13.0. The van der Waals surface area contributed by atoms with Gasteiger partial charge < -0.3 is 84.5 Å². The van der Waals surface area contributed by atoms with Gasteiger partial charge in [0.05, 0.1) is 31.4 Å². The Labute approximate surface area is 469 Å². The maximum Gasteiger partial charge on any atom is 0.326 e. The largest absolute Gasteiger partial charge is 0.508 e. The SMILES string of the molecule is CC[C@H](C)[C@H](NC(=O)[C@H](CC(=O)O)NC(=O)[C@H](Cc1ccccc1)NC(=O)[C@H](C)NC(=O)[C@H](CC(=O)O)NC(=O)[C@H](Cc1c[nH]c2ccccc12)NC(=O)[C@H](CC(N)=O)NC(=O)[C@@H](NC(=O)[C@@H](N)Cc1ccc(O)cc1)[C@@H](C)O)C(=O)O. The summed E-state index contributed by atoms with van der Waals surface area (Å²) in [5.41, 5.74) is 13.5. The average Bonchev–Trinajstić information content (AvgIpc) is 3.96. The Hall–Kier alpha value is -9.44. The molecule has 28 nitrogen and oxygen atoms in total. The zero-order valence-corrected chi connectivity index (χ0v) is 45.2. The van der Waals surface area contributed by atoms with Crippen LogP contribution < -0.4 is 54.0 Å². The Morgan fingerprint density at radius 3 is 1.52 bits per heavy atom. The molecule has 0 saturated heterocycles. The molecule has 1 heterocycles. The highest BCUT2D eigenvalue weighted by molar-refractivity contribution is 6.00. The van der Waals surface area contributed by atoms with Crippen LogP contribution in [0.3, 0.4) is 0 Å². The first-order valence-corrected chi connectivity index (χ1v) is 25.9. The second-order valence-corrected chi connectivity index (χ2v) is 19.6. The minimum absolute atomic E-state index is 0.0401. The van der Waals surface area contributed by atoms with Gasteiger partial charge in [0.15, 0.2) is 0 Å². The summed E-state index contributed by atoms with van der Waals surface area (Å²) < 4.78 is 0. The van der Waals surface area contributed by atoms with E-state index in [1.54, 1.807) is 61.5 Å². The number of nitrogens with two attached hydrogens (primary N) is 2. The van der Waals surface area contributed by atoms with Gasteiger partial charge in [0.2, 0.25) is 53.2 Å². The number of H-pyrrole nitrogens is 1. The smallest absolute Gasteiger partial charge is 0.326 e. The highest BCUT2D eigenvalue weighted by Crippen LogP contribution is 2.20. The Kier molecular flexibility index (Phi) is 24.4. The number of primary amides is 1. The lowest BCUT2D eigenvalue weighted by atomic mass is 9.98. The predicted octanol–water partition coefficient (Wildman–Crippen LogP) is -2.54. The summed E-state index contributed by atoms with van der Waals surface area (Å²) in [6, 6.07) is 5.36. The van der Waals surface area contributed by atoms with Crippen LogP contribution in [-0.4, -0.2) is 162 Å². The molecule has 3 aromatic carbocycles.